The van der Waals surface area contributed by atoms with E-state index in [0.717, 1.165) is 96.3 Å². The fourth-order valence-corrected chi connectivity index (χ4v) is 6.92. The largest absolute Gasteiger partial charge is 0.462 e. The molecule has 0 aliphatic heterocycles. The van der Waals surface area contributed by atoms with E-state index in [0.29, 0.717) is 12.8 Å². The third-order valence-corrected chi connectivity index (χ3v) is 10.8. The molecule has 0 aromatic heterocycles. The zero-order chi connectivity index (χ0) is 47.2. The summed E-state index contributed by atoms with van der Waals surface area (Å²) in [6, 6.07) is 0. The van der Waals surface area contributed by atoms with Gasteiger partial charge in [-0.3, -0.25) is 14.4 Å². The Hall–Kier alpha value is -3.93. The fourth-order valence-electron chi connectivity index (χ4n) is 6.92. The minimum Gasteiger partial charge on any atom is -0.462 e. The highest BCUT2D eigenvalue weighted by Gasteiger charge is 2.19. The number of carbonyl (C=O) groups is 3. The standard InChI is InChI=1S/C59H96O6/c1-4-7-10-13-16-19-21-23-25-26-27-28-29-30-31-32-34-35-37-40-43-46-49-52-58(61)64-55-56(54-63-57(60)51-48-45-42-39-18-15-12-9-6-3)65-59(62)53-50-47-44-41-38-36-33-24-22-20-17-14-11-8-5-2/h7-8,10-11,16-17,19-20,23-25,27-28,33,38,41,47,50,56H,4-6,9,12-15,18,21-22,26,29-32,34-37,39-40,42-46,48-49,51-55H2,1-3H3/b10-7-,11-8-,19-16-,20-17-,25-23-,28-27-,33-24-,41-38-,50-47-. The van der Waals surface area contributed by atoms with Gasteiger partial charge in [0.25, 0.3) is 0 Å². The lowest BCUT2D eigenvalue weighted by atomic mass is 10.1. The van der Waals surface area contributed by atoms with Crippen molar-refractivity contribution in [1.29, 1.82) is 0 Å². The summed E-state index contributed by atoms with van der Waals surface area (Å²) >= 11 is 0. The molecule has 0 spiro atoms. The fraction of sp³-hybridized carbons (Fsp3) is 0.644. The van der Waals surface area contributed by atoms with Crippen molar-refractivity contribution in [3.05, 3.63) is 109 Å². The molecule has 0 amide bonds. The Bertz CT molecular complexity index is 1360. The summed E-state index contributed by atoms with van der Waals surface area (Å²) in [7, 11) is 0. The van der Waals surface area contributed by atoms with Gasteiger partial charge in [0.05, 0.1) is 6.42 Å². The second-order valence-corrected chi connectivity index (χ2v) is 17.0. The van der Waals surface area contributed by atoms with Crippen LogP contribution in [0.15, 0.2) is 109 Å². The van der Waals surface area contributed by atoms with Crippen molar-refractivity contribution in [2.24, 2.45) is 0 Å². The highest BCUT2D eigenvalue weighted by atomic mass is 16.6. The number of esters is 3. The van der Waals surface area contributed by atoms with Crippen LogP contribution < -0.4 is 0 Å². The van der Waals surface area contributed by atoms with E-state index in [9.17, 15) is 14.4 Å². The average Bonchev–Trinajstić information content (AvgIpc) is 3.30. The Morgan fingerprint density at radius 2 is 0.646 bits per heavy atom. The smallest absolute Gasteiger partial charge is 0.310 e. The van der Waals surface area contributed by atoms with E-state index >= 15 is 0 Å². The minimum absolute atomic E-state index is 0.0943. The Labute approximate surface area is 400 Å². The second-order valence-electron chi connectivity index (χ2n) is 17.0. The summed E-state index contributed by atoms with van der Waals surface area (Å²) < 4.78 is 16.7. The highest BCUT2D eigenvalue weighted by molar-refractivity contribution is 5.72. The zero-order valence-corrected chi connectivity index (χ0v) is 42.0. The van der Waals surface area contributed by atoms with Crippen molar-refractivity contribution in [2.45, 2.75) is 232 Å². The molecule has 0 aliphatic carbocycles. The van der Waals surface area contributed by atoms with Gasteiger partial charge in [-0.05, 0) is 83.5 Å². The van der Waals surface area contributed by atoms with Crippen LogP contribution in [0.5, 0.6) is 0 Å². The first-order valence-corrected chi connectivity index (χ1v) is 26.4. The number of ether oxygens (including phenoxy) is 3. The lowest BCUT2D eigenvalue weighted by Gasteiger charge is -2.18. The SMILES string of the molecule is CC/C=C\C/C=C\C/C=C\C/C=C\C/C=C\CC(=O)OC(COC(=O)CCCCCCCCCCC)COC(=O)CCCCCCCCCCCC/C=C\C/C=C\C/C=C\C/C=C\CC. The van der Waals surface area contributed by atoms with E-state index < -0.39 is 12.1 Å². The summed E-state index contributed by atoms with van der Waals surface area (Å²) in [5.74, 6) is -1.06. The predicted octanol–water partition coefficient (Wildman–Crippen LogP) is 17.5. The van der Waals surface area contributed by atoms with E-state index in [1.807, 2.05) is 6.08 Å². The van der Waals surface area contributed by atoms with E-state index in [2.05, 4.69) is 118 Å². The van der Waals surface area contributed by atoms with Gasteiger partial charge in [-0.25, -0.2) is 0 Å². The van der Waals surface area contributed by atoms with Crippen LogP contribution in [-0.4, -0.2) is 37.2 Å². The Balaban J connectivity index is 4.37. The number of allylic oxidation sites excluding steroid dienone is 17. The van der Waals surface area contributed by atoms with Crippen molar-refractivity contribution < 1.29 is 28.6 Å². The molecule has 6 heteroatoms. The number of hydrogen-bond donors (Lipinski definition) is 0. The third-order valence-electron chi connectivity index (χ3n) is 10.8. The monoisotopic (exact) mass is 901 g/mol. The molecule has 0 bridgehead atoms. The van der Waals surface area contributed by atoms with Gasteiger partial charge in [-0.15, -0.1) is 0 Å². The predicted molar refractivity (Wildman–Crippen MR) is 279 cm³/mol. The van der Waals surface area contributed by atoms with Gasteiger partial charge in [0, 0.05) is 12.8 Å². The average molecular weight is 901 g/mol. The molecular weight excluding hydrogens is 805 g/mol. The lowest BCUT2D eigenvalue weighted by Crippen LogP contribution is -2.30. The highest BCUT2D eigenvalue weighted by Crippen LogP contribution is 2.14. The number of carbonyl (C=O) groups excluding carboxylic acids is 3. The maximum absolute atomic E-state index is 12.7. The first-order valence-electron chi connectivity index (χ1n) is 26.4. The quantitative estimate of drug-likeness (QED) is 0.0262. The van der Waals surface area contributed by atoms with Crippen molar-refractivity contribution in [1.82, 2.24) is 0 Å². The van der Waals surface area contributed by atoms with Crippen LogP contribution >= 0.6 is 0 Å². The van der Waals surface area contributed by atoms with Crippen LogP contribution in [0.4, 0.5) is 0 Å². The third kappa shape index (κ3) is 50.9. The van der Waals surface area contributed by atoms with Crippen LogP contribution in [0.25, 0.3) is 0 Å². The molecule has 1 unspecified atom stereocenters. The number of unbranched alkanes of at least 4 members (excludes halogenated alkanes) is 18. The molecule has 0 saturated heterocycles. The molecular formula is C59H96O6. The van der Waals surface area contributed by atoms with E-state index in [4.69, 9.17) is 14.2 Å². The molecule has 0 aromatic rings. The van der Waals surface area contributed by atoms with Crippen molar-refractivity contribution in [3.8, 4) is 0 Å². The summed E-state index contributed by atoms with van der Waals surface area (Å²) in [6.45, 7) is 6.29. The molecule has 0 radical (unpaired) electrons. The number of hydrogen-bond acceptors (Lipinski definition) is 6. The molecule has 0 aliphatic rings. The topological polar surface area (TPSA) is 78.9 Å². The van der Waals surface area contributed by atoms with Gasteiger partial charge in [-0.1, -0.05) is 233 Å². The van der Waals surface area contributed by atoms with E-state index in [1.54, 1.807) is 6.08 Å². The van der Waals surface area contributed by atoms with Crippen LogP contribution in [-0.2, 0) is 28.6 Å². The molecule has 0 saturated carbocycles. The summed E-state index contributed by atoms with van der Waals surface area (Å²) in [5.41, 5.74) is 0. The normalized spacial score (nSPS) is 13.0. The van der Waals surface area contributed by atoms with E-state index in [1.165, 1.54) is 89.9 Å². The molecule has 0 heterocycles. The van der Waals surface area contributed by atoms with Gasteiger partial charge in [-0.2, -0.15) is 0 Å². The summed E-state index contributed by atoms with van der Waals surface area (Å²) in [5, 5.41) is 0. The van der Waals surface area contributed by atoms with Crippen molar-refractivity contribution in [3.63, 3.8) is 0 Å². The van der Waals surface area contributed by atoms with E-state index in [-0.39, 0.29) is 31.6 Å². The minimum atomic E-state index is -0.832. The maximum atomic E-state index is 12.7. The summed E-state index contributed by atoms with van der Waals surface area (Å²) in [4.78, 5) is 37.9. The van der Waals surface area contributed by atoms with Crippen LogP contribution in [0.3, 0.4) is 0 Å². The van der Waals surface area contributed by atoms with Crippen LogP contribution in [0.2, 0.25) is 0 Å². The second kappa shape index (κ2) is 52.7. The van der Waals surface area contributed by atoms with Gasteiger partial charge in [0.2, 0.25) is 0 Å². The summed E-state index contributed by atoms with van der Waals surface area (Å²) in [6.07, 6.45) is 71.1. The molecule has 0 aromatic carbocycles. The Morgan fingerprint density at radius 3 is 1.02 bits per heavy atom. The molecule has 65 heavy (non-hydrogen) atoms. The molecule has 6 nitrogen and oxygen atoms in total. The van der Waals surface area contributed by atoms with Gasteiger partial charge in [0.1, 0.15) is 13.2 Å². The van der Waals surface area contributed by atoms with Crippen molar-refractivity contribution in [2.75, 3.05) is 13.2 Å². The molecule has 0 rings (SSSR count). The lowest BCUT2D eigenvalue weighted by molar-refractivity contribution is -0.166. The molecule has 0 fully saturated rings. The zero-order valence-electron chi connectivity index (χ0n) is 42.0. The van der Waals surface area contributed by atoms with Crippen LogP contribution in [0.1, 0.15) is 226 Å². The molecule has 0 N–H and O–H groups in total. The molecule has 1 atom stereocenters. The van der Waals surface area contributed by atoms with Crippen LogP contribution in [0, 0.1) is 0 Å². The van der Waals surface area contributed by atoms with Gasteiger partial charge in [0.15, 0.2) is 6.10 Å². The Kier molecular flexibility index (Phi) is 49.5. The van der Waals surface area contributed by atoms with Gasteiger partial charge >= 0.3 is 17.9 Å². The first kappa shape index (κ1) is 61.1. The Morgan fingerprint density at radius 1 is 0.338 bits per heavy atom. The first-order chi connectivity index (χ1) is 32.0. The van der Waals surface area contributed by atoms with Gasteiger partial charge < -0.3 is 14.2 Å². The number of rotatable bonds is 46. The molecule has 368 valence electrons. The maximum Gasteiger partial charge on any atom is 0.310 e. The van der Waals surface area contributed by atoms with Crippen molar-refractivity contribution >= 4 is 17.9 Å².